The molecule has 0 aliphatic carbocycles. The number of fused-ring (bicyclic) bond motifs is 1. The number of benzene rings is 1. The summed E-state index contributed by atoms with van der Waals surface area (Å²) < 4.78 is 36.3. The summed E-state index contributed by atoms with van der Waals surface area (Å²) in [5.74, 6) is 0. The minimum Gasteiger partial charge on any atom is -0.388 e. The smallest absolute Gasteiger partial charge is 0.388 e. The predicted molar refractivity (Wildman–Crippen MR) is 66.7 cm³/mol. The highest BCUT2D eigenvalue weighted by Gasteiger charge is 2.28. The number of hydrogen-bond donors (Lipinski definition) is 1. The Morgan fingerprint density at radius 2 is 1.95 bits per heavy atom. The number of rotatable bonds is 3. The van der Waals surface area contributed by atoms with Gasteiger partial charge in [0, 0.05) is 17.5 Å². The molecule has 5 heteroatoms. The molecular formula is C14H14F3NO. The van der Waals surface area contributed by atoms with Crippen molar-refractivity contribution in [2.45, 2.75) is 32.0 Å². The van der Waals surface area contributed by atoms with Crippen LogP contribution in [0.1, 0.15) is 30.2 Å². The van der Waals surface area contributed by atoms with E-state index in [1.807, 2.05) is 19.1 Å². The van der Waals surface area contributed by atoms with Crippen molar-refractivity contribution in [1.29, 1.82) is 0 Å². The largest absolute Gasteiger partial charge is 0.389 e. The maximum absolute atomic E-state index is 12.1. The molecule has 0 aliphatic heterocycles. The molecule has 0 spiro atoms. The molecular weight excluding hydrogens is 255 g/mol. The van der Waals surface area contributed by atoms with Crippen LogP contribution in [0, 0.1) is 6.92 Å². The third kappa shape index (κ3) is 3.67. The second kappa shape index (κ2) is 5.17. The first-order valence-corrected chi connectivity index (χ1v) is 5.97. The van der Waals surface area contributed by atoms with Gasteiger partial charge in [0.05, 0.1) is 11.6 Å². The van der Waals surface area contributed by atoms with E-state index in [0.29, 0.717) is 5.56 Å². The Hall–Kier alpha value is -1.62. The summed E-state index contributed by atoms with van der Waals surface area (Å²) in [7, 11) is 0. The molecule has 1 atom stereocenters. The van der Waals surface area contributed by atoms with Crippen molar-refractivity contribution in [2.24, 2.45) is 0 Å². The summed E-state index contributed by atoms with van der Waals surface area (Å²) >= 11 is 0. The molecule has 0 saturated carbocycles. The van der Waals surface area contributed by atoms with E-state index in [-0.39, 0.29) is 6.42 Å². The molecule has 2 aromatic rings. The highest BCUT2D eigenvalue weighted by Crippen LogP contribution is 2.28. The van der Waals surface area contributed by atoms with Gasteiger partial charge in [0.2, 0.25) is 0 Å². The third-order valence-corrected chi connectivity index (χ3v) is 2.94. The number of halogens is 3. The lowest BCUT2D eigenvalue weighted by Crippen LogP contribution is -2.10. The zero-order valence-corrected chi connectivity index (χ0v) is 10.4. The van der Waals surface area contributed by atoms with Gasteiger partial charge in [0.1, 0.15) is 0 Å². The van der Waals surface area contributed by atoms with Crippen molar-refractivity contribution in [3.8, 4) is 0 Å². The third-order valence-electron chi connectivity index (χ3n) is 2.94. The van der Waals surface area contributed by atoms with Crippen LogP contribution in [0.3, 0.4) is 0 Å². The van der Waals surface area contributed by atoms with Crippen LogP contribution in [0.2, 0.25) is 0 Å². The van der Waals surface area contributed by atoms with Gasteiger partial charge in [0.15, 0.2) is 0 Å². The monoisotopic (exact) mass is 269 g/mol. The number of aliphatic hydroxyl groups is 1. The fourth-order valence-electron chi connectivity index (χ4n) is 1.92. The summed E-state index contributed by atoms with van der Waals surface area (Å²) in [6.45, 7) is 1.87. The minimum atomic E-state index is -4.24. The number of pyridine rings is 1. The van der Waals surface area contributed by atoms with Crippen molar-refractivity contribution in [3.05, 3.63) is 41.6 Å². The van der Waals surface area contributed by atoms with Gasteiger partial charge < -0.3 is 5.11 Å². The zero-order valence-electron chi connectivity index (χ0n) is 10.4. The molecule has 19 heavy (non-hydrogen) atoms. The van der Waals surface area contributed by atoms with E-state index in [2.05, 4.69) is 4.98 Å². The van der Waals surface area contributed by atoms with Gasteiger partial charge in [-0.25, -0.2) is 0 Å². The fraction of sp³-hybridized carbons (Fsp3) is 0.357. The predicted octanol–water partition coefficient (Wildman–Crippen LogP) is 3.92. The first-order chi connectivity index (χ1) is 8.85. The lowest BCUT2D eigenvalue weighted by Gasteiger charge is -2.13. The van der Waals surface area contributed by atoms with Crippen LogP contribution in [-0.4, -0.2) is 16.3 Å². The molecule has 2 rings (SSSR count). The maximum Gasteiger partial charge on any atom is 0.389 e. The second-order valence-corrected chi connectivity index (χ2v) is 4.57. The summed E-state index contributed by atoms with van der Waals surface area (Å²) in [5, 5.41) is 10.6. The van der Waals surface area contributed by atoms with Gasteiger partial charge in [-0.15, -0.1) is 0 Å². The van der Waals surface area contributed by atoms with E-state index in [0.717, 1.165) is 16.6 Å². The topological polar surface area (TPSA) is 33.1 Å². The Morgan fingerprint density at radius 1 is 1.21 bits per heavy atom. The standard InChI is InChI=1S/C14H14F3NO/c1-9-2-3-10-8-11(4-5-12(10)18-9)13(19)6-7-14(15,16)17/h2-5,8,13,19H,6-7H2,1H3. The Kier molecular flexibility index (Phi) is 3.75. The summed E-state index contributed by atoms with van der Waals surface area (Å²) in [6.07, 6.45) is -6.66. The van der Waals surface area contributed by atoms with Crippen molar-refractivity contribution >= 4 is 10.9 Å². The molecule has 1 aromatic heterocycles. The van der Waals surface area contributed by atoms with Gasteiger partial charge in [-0.2, -0.15) is 13.2 Å². The lowest BCUT2D eigenvalue weighted by molar-refractivity contribution is -0.140. The molecule has 0 fully saturated rings. The second-order valence-electron chi connectivity index (χ2n) is 4.57. The molecule has 2 nitrogen and oxygen atoms in total. The van der Waals surface area contributed by atoms with Crippen LogP contribution in [0.5, 0.6) is 0 Å². The maximum atomic E-state index is 12.1. The normalized spacial score (nSPS) is 13.7. The average molecular weight is 269 g/mol. The molecule has 0 amide bonds. The van der Waals surface area contributed by atoms with Crippen molar-refractivity contribution in [3.63, 3.8) is 0 Å². The van der Waals surface area contributed by atoms with Crippen LogP contribution in [0.25, 0.3) is 10.9 Å². The van der Waals surface area contributed by atoms with Crippen LogP contribution in [0.4, 0.5) is 13.2 Å². The number of nitrogens with zero attached hydrogens (tertiary/aromatic N) is 1. The molecule has 1 aromatic carbocycles. The molecule has 1 unspecified atom stereocenters. The van der Waals surface area contributed by atoms with E-state index in [9.17, 15) is 18.3 Å². The Labute approximate surface area is 108 Å². The van der Waals surface area contributed by atoms with Crippen LogP contribution >= 0.6 is 0 Å². The average Bonchev–Trinajstić information content (AvgIpc) is 2.34. The van der Waals surface area contributed by atoms with E-state index in [1.165, 1.54) is 0 Å². The molecule has 1 heterocycles. The number of aromatic nitrogens is 1. The summed E-state index contributed by atoms with van der Waals surface area (Å²) in [5.41, 5.74) is 2.13. The Morgan fingerprint density at radius 3 is 2.63 bits per heavy atom. The first-order valence-electron chi connectivity index (χ1n) is 5.97. The zero-order chi connectivity index (χ0) is 14.0. The Bertz CT molecular complexity index is 580. The van der Waals surface area contributed by atoms with Gasteiger partial charge in [-0.1, -0.05) is 12.1 Å². The highest BCUT2D eigenvalue weighted by molar-refractivity contribution is 5.79. The SMILES string of the molecule is Cc1ccc2cc(C(O)CCC(F)(F)F)ccc2n1. The molecule has 0 saturated heterocycles. The summed E-state index contributed by atoms with van der Waals surface area (Å²) in [4.78, 5) is 4.30. The lowest BCUT2D eigenvalue weighted by atomic mass is 10.0. The fourth-order valence-corrected chi connectivity index (χ4v) is 1.92. The number of hydrogen-bond acceptors (Lipinski definition) is 2. The van der Waals surface area contributed by atoms with Crippen molar-refractivity contribution < 1.29 is 18.3 Å². The molecule has 1 N–H and O–H groups in total. The quantitative estimate of drug-likeness (QED) is 0.916. The van der Waals surface area contributed by atoms with E-state index < -0.39 is 18.7 Å². The van der Waals surface area contributed by atoms with Gasteiger partial charge >= 0.3 is 6.18 Å². The van der Waals surface area contributed by atoms with Crippen molar-refractivity contribution in [1.82, 2.24) is 4.98 Å². The van der Waals surface area contributed by atoms with Crippen LogP contribution in [-0.2, 0) is 0 Å². The molecule has 102 valence electrons. The molecule has 0 radical (unpaired) electrons. The number of aliphatic hydroxyl groups excluding tert-OH is 1. The van der Waals surface area contributed by atoms with E-state index in [1.54, 1.807) is 18.2 Å². The number of aryl methyl sites for hydroxylation is 1. The molecule has 0 bridgehead atoms. The highest BCUT2D eigenvalue weighted by atomic mass is 19.4. The van der Waals surface area contributed by atoms with Crippen LogP contribution in [0.15, 0.2) is 30.3 Å². The van der Waals surface area contributed by atoms with Crippen LogP contribution < -0.4 is 0 Å². The first kappa shape index (κ1) is 13.8. The number of alkyl halides is 3. The Balaban J connectivity index is 2.18. The van der Waals surface area contributed by atoms with Gasteiger partial charge in [-0.3, -0.25) is 4.98 Å². The van der Waals surface area contributed by atoms with E-state index in [4.69, 9.17) is 0 Å². The van der Waals surface area contributed by atoms with Gasteiger partial charge in [0.25, 0.3) is 0 Å². The van der Waals surface area contributed by atoms with E-state index >= 15 is 0 Å². The van der Waals surface area contributed by atoms with Gasteiger partial charge in [-0.05, 0) is 37.1 Å². The summed E-state index contributed by atoms with van der Waals surface area (Å²) in [6, 6.07) is 8.69. The minimum absolute atomic E-state index is 0.325. The van der Waals surface area contributed by atoms with Crippen molar-refractivity contribution in [2.75, 3.05) is 0 Å². The molecule has 0 aliphatic rings.